The van der Waals surface area contributed by atoms with Crippen molar-refractivity contribution in [3.05, 3.63) is 119 Å². The lowest BCUT2D eigenvalue weighted by Crippen LogP contribution is -2.44. The van der Waals surface area contributed by atoms with Crippen LogP contribution in [0.25, 0.3) is 11.2 Å². The van der Waals surface area contributed by atoms with E-state index in [0.29, 0.717) is 23.8 Å². The van der Waals surface area contributed by atoms with Crippen LogP contribution in [0.3, 0.4) is 0 Å². The van der Waals surface area contributed by atoms with Gasteiger partial charge in [0.25, 0.3) is 5.56 Å². The first-order valence-corrected chi connectivity index (χ1v) is 19.7. The van der Waals surface area contributed by atoms with Crippen LogP contribution < -0.4 is 15.0 Å². The molecule has 14 heteroatoms. The molecule has 0 amide bonds. The van der Waals surface area contributed by atoms with Gasteiger partial charge in [0.15, 0.2) is 23.7 Å². The van der Waals surface area contributed by atoms with Crippen LogP contribution in [-0.2, 0) is 29.1 Å². The number of hydrogen-bond acceptors (Lipinski definition) is 11. The third-order valence-corrected chi connectivity index (χ3v) is 11.6. The maximum Gasteiger partial charge on any atom is 0.278 e. The van der Waals surface area contributed by atoms with E-state index in [1.807, 2.05) is 78.9 Å². The van der Waals surface area contributed by atoms with E-state index in [-0.39, 0.29) is 29.8 Å². The Morgan fingerprint density at radius 1 is 0.833 bits per heavy atom. The molecule has 6 rings (SSSR count). The number of ether oxygens (including phenoxy) is 6. The number of methoxy groups -OCH3 is 3. The fraction of sp³-hybridized carbons (Fsp3) is 0.425. The van der Waals surface area contributed by atoms with Gasteiger partial charge in [-0.15, -0.1) is 0 Å². The Morgan fingerprint density at radius 2 is 1.43 bits per heavy atom. The lowest BCUT2D eigenvalue weighted by molar-refractivity contribution is -0.212. The molecule has 1 saturated heterocycles. The largest absolute Gasteiger partial charge is 0.497 e. The third-order valence-electron chi connectivity index (χ3n) is 9.51. The van der Waals surface area contributed by atoms with Crippen LogP contribution in [0.2, 0.25) is 0 Å². The van der Waals surface area contributed by atoms with Gasteiger partial charge in [-0.2, -0.15) is 0 Å². The van der Waals surface area contributed by atoms with E-state index in [0.717, 1.165) is 16.7 Å². The van der Waals surface area contributed by atoms with Gasteiger partial charge in [0, 0.05) is 19.2 Å². The minimum Gasteiger partial charge on any atom is -0.497 e. The molecule has 13 nitrogen and oxygen atoms in total. The summed E-state index contributed by atoms with van der Waals surface area (Å²) in [7, 11) is 3.70. The minimum atomic E-state index is -1.24. The van der Waals surface area contributed by atoms with Gasteiger partial charge in [0.05, 0.1) is 40.1 Å². The summed E-state index contributed by atoms with van der Waals surface area (Å²) in [6.07, 6.45) is -0.506. The fourth-order valence-corrected chi connectivity index (χ4v) is 9.19. The fourth-order valence-electron chi connectivity index (χ4n) is 7.21. The lowest BCUT2D eigenvalue weighted by Gasteiger charge is -2.41. The molecular formula is C40H50N5O8P. The molecule has 2 aromatic heterocycles. The molecule has 0 spiro atoms. The number of nitrogens with one attached hydrogen (secondary N) is 1. The maximum atomic E-state index is 12.8. The molecule has 0 saturated carbocycles. The van der Waals surface area contributed by atoms with E-state index in [2.05, 4.69) is 54.0 Å². The van der Waals surface area contributed by atoms with Crippen LogP contribution in [-0.4, -0.2) is 96.0 Å². The summed E-state index contributed by atoms with van der Waals surface area (Å²) in [5.74, 6) is 1.41. The van der Waals surface area contributed by atoms with Crippen molar-refractivity contribution < 1.29 is 32.9 Å². The second-order valence-electron chi connectivity index (χ2n) is 13.5. The monoisotopic (exact) mass is 759 g/mol. The van der Waals surface area contributed by atoms with Crippen molar-refractivity contribution >= 4 is 19.5 Å². The van der Waals surface area contributed by atoms with Gasteiger partial charge in [0.2, 0.25) is 0 Å². The number of aromatic amines is 1. The van der Waals surface area contributed by atoms with Crippen molar-refractivity contribution in [2.45, 2.75) is 70.1 Å². The van der Waals surface area contributed by atoms with Gasteiger partial charge in [-0.1, -0.05) is 54.6 Å². The number of aromatic nitrogens is 4. The van der Waals surface area contributed by atoms with E-state index in [1.165, 1.54) is 6.33 Å². The second-order valence-corrected chi connectivity index (χ2v) is 15.1. The van der Waals surface area contributed by atoms with E-state index < -0.39 is 38.6 Å². The summed E-state index contributed by atoms with van der Waals surface area (Å²) in [5, 5.41) is 0. The first kappa shape index (κ1) is 39.5. The minimum absolute atomic E-state index is 0.178. The van der Waals surface area contributed by atoms with Gasteiger partial charge < -0.3 is 37.9 Å². The van der Waals surface area contributed by atoms with Gasteiger partial charge in [-0.3, -0.25) is 14.0 Å². The molecule has 3 heterocycles. The molecule has 5 aromatic rings. The normalized spacial score (nSPS) is 19.6. The van der Waals surface area contributed by atoms with Crippen molar-refractivity contribution in [3.8, 4) is 11.5 Å². The molecular weight excluding hydrogens is 709 g/mol. The summed E-state index contributed by atoms with van der Waals surface area (Å²) in [4.78, 5) is 24.3. The van der Waals surface area contributed by atoms with Crippen molar-refractivity contribution in [1.82, 2.24) is 24.2 Å². The quantitative estimate of drug-likeness (QED) is 0.0635. The van der Waals surface area contributed by atoms with E-state index in [4.69, 9.17) is 32.9 Å². The zero-order chi connectivity index (χ0) is 38.4. The summed E-state index contributed by atoms with van der Waals surface area (Å²) in [6, 6.07) is 26.1. The highest BCUT2D eigenvalue weighted by Gasteiger charge is 2.54. The number of nitrogens with zero attached hydrogens (tertiary/aromatic N) is 4. The number of H-pyrrole nitrogens is 1. The molecule has 1 N–H and O–H groups in total. The summed E-state index contributed by atoms with van der Waals surface area (Å²) in [6.45, 7) is 11.3. The standard InChI is InChI=1S/C40H50N5O8P/c1-26(2)45(27(3)4)54(8)53-35-34(50-23-22-47-5)38(44-25-43-33-36(44)41-24-42-37(33)46)51-39(35)52-40(28-12-10-9-11-13-28,29-14-18-31(48-6)19-15-29)30-16-20-32(49-7)21-17-30/h9-21,24-27,34-35,38-39H,22-23H2,1-8H3,(H,41,42,46)/t34-,35+,38-,39-,54?/m1/s1. The third kappa shape index (κ3) is 7.94. The highest BCUT2D eigenvalue weighted by Crippen LogP contribution is 2.50. The number of hydrogen-bond donors (Lipinski definition) is 1. The zero-order valence-electron chi connectivity index (χ0n) is 32.0. The number of imidazole rings is 1. The van der Waals surface area contributed by atoms with Crippen LogP contribution in [0.1, 0.15) is 50.6 Å². The van der Waals surface area contributed by atoms with Crippen molar-refractivity contribution in [1.29, 1.82) is 0 Å². The Bertz CT molecular complexity index is 1930. The predicted octanol–water partition coefficient (Wildman–Crippen LogP) is 6.48. The molecule has 3 aromatic carbocycles. The highest BCUT2D eigenvalue weighted by molar-refractivity contribution is 7.49. The summed E-state index contributed by atoms with van der Waals surface area (Å²) < 4.78 is 49.0. The molecule has 0 bridgehead atoms. The van der Waals surface area contributed by atoms with Gasteiger partial charge in [-0.25, -0.2) is 9.97 Å². The average molecular weight is 760 g/mol. The summed E-state index contributed by atoms with van der Waals surface area (Å²) in [5.41, 5.74) is 1.43. The molecule has 0 aliphatic carbocycles. The lowest BCUT2D eigenvalue weighted by atomic mass is 9.80. The molecule has 0 radical (unpaired) electrons. The molecule has 1 unspecified atom stereocenters. The van der Waals surface area contributed by atoms with E-state index in [1.54, 1.807) is 32.2 Å². The molecule has 288 valence electrons. The average Bonchev–Trinajstić information content (AvgIpc) is 3.75. The SMILES string of the molecule is COCCO[C@@H]1[C@H](OP(C)N(C(C)C)C(C)C)[C@@H](OC(c2ccccc2)(c2ccc(OC)cc2)c2ccc(OC)cc2)O[C@H]1n1cnc2c(=O)[nH]cnc21. The van der Waals surface area contributed by atoms with Crippen LogP contribution in [0.15, 0.2) is 96.3 Å². The molecule has 1 aliphatic heterocycles. The first-order chi connectivity index (χ1) is 26.1. The number of rotatable bonds is 17. The van der Waals surface area contributed by atoms with Crippen molar-refractivity contribution in [2.24, 2.45) is 0 Å². The molecule has 54 heavy (non-hydrogen) atoms. The Kier molecular flexibility index (Phi) is 12.8. The zero-order valence-corrected chi connectivity index (χ0v) is 32.9. The molecule has 5 atom stereocenters. The highest BCUT2D eigenvalue weighted by atomic mass is 31.2. The Morgan fingerprint density at radius 3 is 1.98 bits per heavy atom. The van der Waals surface area contributed by atoms with E-state index >= 15 is 0 Å². The van der Waals surface area contributed by atoms with Crippen molar-refractivity contribution in [2.75, 3.05) is 41.2 Å². The smallest absolute Gasteiger partial charge is 0.278 e. The molecule has 1 fully saturated rings. The van der Waals surface area contributed by atoms with Gasteiger partial charge in [0.1, 0.15) is 37.6 Å². The molecule has 1 aliphatic rings. The van der Waals surface area contributed by atoms with Crippen LogP contribution >= 0.6 is 8.30 Å². The number of fused-ring (bicyclic) bond motifs is 1. The Balaban J connectivity index is 1.56. The summed E-state index contributed by atoms with van der Waals surface area (Å²) >= 11 is 0. The van der Waals surface area contributed by atoms with Crippen LogP contribution in [0.5, 0.6) is 11.5 Å². The van der Waals surface area contributed by atoms with Crippen LogP contribution in [0.4, 0.5) is 0 Å². The van der Waals surface area contributed by atoms with E-state index in [9.17, 15) is 4.79 Å². The topological polar surface area (TPSA) is 131 Å². The first-order valence-electron chi connectivity index (χ1n) is 18.0. The second kappa shape index (κ2) is 17.5. The van der Waals surface area contributed by atoms with Gasteiger partial charge in [-0.05, 0) is 75.3 Å². The van der Waals surface area contributed by atoms with Crippen molar-refractivity contribution in [3.63, 3.8) is 0 Å². The number of benzene rings is 3. The Labute approximate surface area is 317 Å². The van der Waals surface area contributed by atoms with Crippen LogP contribution in [0, 0.1) is 0 Å². The Hall–Kier alpha value is -4.20. The van der Waals surface area contributed by atoms with Gasteiger partial charge >= 0.3 is 0 Å². The predicted molar refractivity (Wildman–Crippen MR) is 207 cm³/mol. The maximum absolute atomic E-state index is 12.8.